The molecule has 0 spiro atoms. The minimum Gasteiger partial charge on any atom is -0.352 e. The summed E-state index contributed by atoms with van der Waals surface area (Å²) in [6.07, 6.45) is 3.27. The van der Waals surface area contributed by atoms with Crippen LogP contribution in [0.3, 0.4) is 0 Å². The van der Waals surface area contributed by atoms with E-state index in [2.05, 4.69) is 19.1 Å². The van der Waals surface area contributed by atoms with Crippen molar-refractivity contribution >= 4 is 5.91 Å². The molecule has 0 unspecified atom stereocenters. The molecule has 1 aliphatic heterocycles. The third-order valence-corrected chi connectivity index (χ3v) is 2.88. The highest BCUT2D eigenvalue weighted by molar-refractivity contribution is 5.90. The lowest BCUT2D eigenvalue weighted by Gasteiger charge is -2.26. The summed E-state index contributed by atoms with van der Waals surface area (Å²) >= 11 is 0. The Labute approximate surface area is 108 Å². The highest BCUT2D eigenvalue weighted by atomic mass is 16.5. The summed E-state index contributed by atoms with van der Waals surface area (Å²) < 4.78 is 5.71. The Bertz CT molecular complexity index is 448. The van der Waals surface area contributed by atoms with Gasteiger partial charge in [0, 0.05) is 12.6 Å². The van der Waals surface area contributed by atoms with Crippen molar-refractivity contribution in [3.05, 3.63) is 47.5 Å². The predicted octanol–water partition coefficient (Wildman–Crippen LogP) is 2.64. The highest BCUT2D eigenvalue weighted by Gasteiger charge is 2.26. The average Bonchev–Trinajstić information content (AvgIpc) is 2.64. The summed E-state index contributed by atoms with van der Waals surface area (Å²) in [5, 5.41) is 0. The lowest BCUT2D eigenvalue weighted by atomic mass is 10.1. The zero-order valence-electron chi connectivity index (χ0n) is 11.1. The summed E-state index contributed by atoms with van der Waals surface area (Å²) in [5.41, 5.74) is 2.34. The van der Waals surface area contributed by atoms with Crippen molar-refractivity contribution in [1.29, 1.82) is 0 Å². The lowest BCUT2D eigenvalue weighted by Crippen LogP contribution is -2.36. The molecule has 0 saturated heterocycles. The van der Waals surface area contributed by atoms with Gasteiger partial charge in [0.15, 0.2) is 6.23 Å². The van der Waals surface area contributed by atoms with Gasteiger partial charge in [0.1, 0.15) is 0 Å². The molecule has 1 aliphatic rings. The quantitative estimate of drug-likeness (QED) is 0.816. The van der Waals surface area contributed by atoms with Gasteiger partial charge in [-0.05, 0) is 32.4 Å². The molecule has 18 heavy (non-hydrogen) atoms. The van der Waals surface area contributed by atoms with Gasteiger partial charge in [0.25, 0.3) is 0 Å². The molecule has 0 aromatic heterocycles. The van der Waals surface area contributed by atoms with Crippen molar-refractivity contribution in [1.82, 2.24) is 4.90 Å². The number of aryl methyl sites for hydroxylation is 1. The van der Waals surface area contributed by atoms with Crippen LogP contribution in [0.25, 0.3) is 0 Å². The number of hydrogen-bond acceptors (Lipinski definition) is 2. The maximum absolute atomic E-state index is 11.8. The first-order valence-corrected chi connectivity index (χ1v) is 6.26. The Morgan fingerprint density at radius 2 is 1.94 bits per heavy atom. The maximum Gasteiger partial charge on any atom is 0.248 e. The molecule has 1 heterocycles. The predicted molar refractivity (Wildman–Crippen MR) is 70.9 cm³/mol. The van der Waals surface area contributed by atoms with E-state index < -0.39 is 0 Å². The minimum absolute atomic E-state index is 0.0150. The molecule has 1 aromatic carbocycles. The fourth-order valence-corrected chi connectivity index (χ4v) is 1.95. The Morgan fingerprint density at radius 1 is 1.28 bits per heavy atom. The van der Waals surface area contributed by atoms with Crippen molar-refractivity contribution < 1.29 is 9.53 Å². The van der Waals surface area contributed by atoms with E-state index in [1.807, 2.05) is 32.1 Å². The van der Waals surface area contributed by atoms with E-state index in [1.165, 1.54) is 5.56 Å². The van der Waals surface area contributed by atoms with Crippen LogP contribution in [0.1, 0.15) is 25.0 Å². The van der Waals surface area contributed by atoms with E-state index in [-0.39, 0.29) is 18.2 Å². The molecule has 0 aliphatic carbocycles. The molecule has 2 rings (SSSR count). The Hall–Kier alpha value is -1.61. The van der Waals surface area contributed by atoms with Gasteiger partial charge in [-0.2, -0.15) is 0 Å². The Balaban J connectivity index is 2.06. The van der Waals surface area contributed by atoms with E-state index in [0.717, 1.165) is 5.56 Å². The molecule has 3 heteroatoms. The second-order valence-electron chi connectivity index (χ2n) is 4.89. The fraction of sp³-hybridized carbons (Fsp3) is 0.400. The minimum atomic E-state index is -0.237. The summed E-state index contributed by atoms with van der Waals surface area (Å²) in [6.45, 7) is 6.59. The van der Waals surface area contributed by atoms with E-state index in [0.29, 0.717) is 6.54 Å². The first kappa shape index (κ1) is 12.8. The van der Waals surface area contributed by atoms with Crippen LogP contribution < -0.4 is 0 Å². The molecular formula is C15H19NO2. The lowest BCUT2D eigenvalue weighted by molar-refractivity contribution is -0.137. The van der Waals surface area contributed by atoms with Crippen molar-refractivity contribution in [2.24, 2.45) is 0 Å². The third-order valence-electron chi connectivity index (χ3n) is 2.88. The van der Waals surface area contributed by atoms with Gasteiger partial charge in [-0.3, -0.25) is 4.79 Å². The SMILES string of the molecule is Cc1ccc(CN2C(=O)C=C[C@H]2OC(C)C)cc1. The number of ether oxygens (including phenoxy) is 1. The highest BCUT2D eigenvalue weighted by Crippen LogP contribution is 2.18. The van der Waals surface area contributed by atoms with Crippen LogP contribution >= 0.6 is 0 Å². The van der Waals surface area contributed by atoms with Crippen LogP contribution in [-0.4, -0.2) is 23.1 Å². The summed E-state index contributed by atoms with van der Waals surface area (Å²) in [5.74, 6) is 0.0150. The zero-order chi connectivity index (χ0) is 13.1. The van der Waals surface area contributed by atoms with Crippen molar-refractivity contribution in [2.45, 2.75) is 39.6 Å². The van der Waals surface area contributed by atoms with Gasteiger partial charge >= 0.3 is 0 Å². The molecule has 96 valence electrons. The van der Waals surface area contributed by atoms with Crippen LogP contribution in [0, 0.1) is 6.92 Å². The Kier molecular flexibility index (Phi) is 3.82. The van der Waals surface area contributed by atoms with Crippen molar-refractivity contribution in [3.8, 4) is 0 Å². The monoisotopic (exact) mass is 245 g/mol. The van der Waals surface area contributed by atoms with E-state index in [9.17, 15) is 4.79 Å². The van der Waals surface area contributed by atoms with Crippen molar-refractivity contribution in [3.63, 3.8) is 0 Å². The molecule has 0 N–H and O–H groups in total. The summed E-state index contributed by atoms with van der Waals surface area (Å²) in [4.78, 5) is 13.5. The number of nitrogens with zero attached hydrogens (tertiary/aromatic N) is 1. The number of benzene rings is 1. The van der Waals surface area contributed by atoms with Crippen molar-refractivity contribution in [2.75, 3.05) is 0 Å². The first-order valence-electron chi connectivity index (χ1n) is 6.26. The van der Waals surface area contributed by atoms with Gasteiger partial charge in [-0.15, -0.1) is 0 Å². The van der Waals surface area contributed by atoms with Gasteiger partial charge in [0.05, 0.1) is 6.10 Å². The largest absolute Gasteiger partial charge is 0.352 e. The van der Waals surface area contributed by atoms with Crippen LogP contribution in [-0.2, 0) is 16.1 Å². The number of carbonyl (C=O) groups is 1. The topological polar surface area (TPSA) is 29.5 Å². The number of amides is 1. The van der Waals surface area contributed by atoms with E-state index >= 15 is 0 Å². The van der Waals surface area contributed by atoms with E-state index in [1.54, 1.807) is 11.0 Å². The summed E-state index contributed by atoms with van der Waals surface area (Å²) in [6, 6.07) is 8.21. The zero-order valence-corrected chi connectivity index (χ0v) is 11.1. The third kappa shape index (κ3) is 2.99. The molecule has 1 amide bonds. The second kappa shape index (κ2) is 5.36. The fourth-order valence-electron chi connectivity index (χ4n) is 1.95. The summed E-state index contributed by atoms with van der Waals surface area (Å²) in [7, 11) is 0. The molecule has 0 radical (unpaired) electrons. The number of carbonyl (C=O) groups excluding carboxylic acids is 1. The molecule has 1 aromatic rings. The molecular weight excluding hydrogens is 226 g/mol. The maximum atomic E-state index is 11.8. The van der Waals surface area contributed by atoms with Gasteiger partial charge in [-0.1, -0.05) is 29.8 Å². The van der Waals surface area contributed by atoms with Crippen LogP contribution in [0.4, 0.5) is 0 Å². The number of hydrogen-bond donors (Lipinski definition) is 0. The standard InChI is InChI=1S/C15H19NO2/c1-11(2)18-15-9-8-14(17)16(15)10-13-6-4-12(3)5-7-13/h4-9,11,15H,10H2,1-3H3/t15-/m1/s1. The van der Waals surface area contributed by atoms with Gasteiger partial charge in [-0.25, -0.2) is 0 Å². The first-order chi connectivity index (χ1) is 8.56. The molecule has 0 bridgehead atoms. The average molecular weight is 245 g/mol. The molecule has 1 atom stereocenters. The molecule has 3 nitrogen and oxygen atoms in total. The van der Waals surface area contributed by atoms with Gasteiger partial charge < -0.3 is 9.64 Å². The Morgan fingerprint density at radius 3 is 2.56 bits per heavy atom. The van der Waals surface area contributed by atoms with Crippen LogP contribution in [0.15, 0.2) is 36.4 Å². The second-order valence-corrected chi connectivity index (χ2v) is 4.89. The molecule has 0 saturated carbocycles. The van der Waals surface area contributed by atoms with Gasteiger partial charge in [0.2, 0.25) is 5.91 Å². The number of rotatable bonds is 4. The van der Waals surface area contributed by atoms with Crippen LogP contribution in [0.5, 0.6) is 0 Å². The smallest absolute Gasteiger partial charge is 0.248 e. The molecule has 0 fully saturated rings. The van der Waals surface area contributed by atoms with E-state index in [4.69, 9.17) is 4.74 Å². The normalized spacial score (nSPS) is 19.0. The van der Waals surface area contributed by atoms with Crippen LogP contribution in [0.2, 0.25) is 0 Å².